The normalized spacial score (nSPS) is 10.8. The monoisotopic (exact) mass is 316 g/mol. The molecule has 0 aliphatic heterocycles. The molecule has 0 saturated carbocycles. The summed E-state index contributed by atoms with van der Waals surface area (Å²) in [6, 6.07) is 7.69. The maximum absolute atomic E-state index is 11.9. The molecule has 0 atom stereocenters. The second kappa shape index (κ2) is 6.15. The number of thiazole rings is 1. The Kier molecular flexibility index (Phi) is 4.06. The number of hydrogen-bond donors (Lipinski definition) is 1. The molecule has 22 heavy (non-hydrogen) atoms. The zero-order chi connectivity index (χ0) is 15.5. The molecule has 3 rings (SSSR count). The zero-order valence-corrected chi connectivity index (χ0v) is 13.2. The molecule has 114 valence electrons. The predicted molar refractivity (Wildman–Crippen MR) is 85.5 cm³/mol. The minimum absolute atomic E-state index is 0.0666. The molecule has 1 amide bonds. The molecular weight excluding hydrogens is 300 g/mol. The molecule has 0 aliphatic carbocycles. The lowest BCUT2D eigenvalue weighted by atomic mass is 10.1. The molecule has 0 spiro atoms. The molecule has 7 heteroatoms. The lowest BCUT2D eigenvalue weighted by Crippen LogP contribution is -2.21. The maximum atomic E-state index is 11.9. The van der Waals surface area contributed by atoms with E-state index < -0.39 is 0 Å². The van der Waals surface area contributed by atoms with Gasteiger partial charge in [0.05, 0.1) is 5.69 Å². The van der Waals surface area contributed by atoms with Crippen molar-refractivity contribution in [1.29, 1.82) is 0 Å². The second-order valence-corrected chi connectivity index (χ2v) is 5.64. The summed E-state index contributed by atoms with van der Waals surface area (Å²) in [6.07, 6.45) is 0.857. The first kappa shape index (κ1) is 14.5. The van der Waals surface area contributed by atoms with Gasteiger partial charge in [-0.3, -0.25) is 10.1 Å². The number of anilines is 1. The van der Waals surface area contributed by atoms with Crippen molar-refractivity contribution in [1.82, 2.24) is 14.6 Å². The highest BCUT2D eigenvalue weighted by molar-refractivity contribution is 7.15. The molecule has 0 radical (unpaired) electrons. The third kappa shape index (κ3) is 2.94. The van der Waals surface area contributed by atoms with E-state index in [2.05, 4.69) is 15.4 Å². The first-order valence-electron chi connectivity index (χ1n) is 6.99. The van der Waals surface area contributed by atoms with Crippen LogP contribution in [-0.2, 0) is 11.2 Å². The van der Waals surface area contributed by atoms with Crippen LogP contribution in [0.4, 0.5) is 5.95 Å². The van der Waals surface area contributed by atoms with Crippen molar-refractivity contribution in [2.24, 2.45) is 0 Å². The average molecular weight is 316 g/mol. The van der Waals surface area contributed by atoms with E-state index in [1.165, 1.54) is 11.3 Å². The van der Waals surface area contributed by atoms with E-state index in [-0.39, 0.29) is 12.5 Å². The fraction of sp³-hybridized carbons (Fsp3) is 0.267. The highest BCUT2D eigenvalue weighted by atomic mass is 32.1. The van der Waals surface area contributed by atoms with Gasteiger partial charge >= 0.3 is 0 Å². The van der Waals surface area contributed by atoms with Gasteiger partial charge in [0.15, 0.2) is 6.61 Å². The third-order valence-corrected chi connectivity index (χ3v) is 4.14. The molecule has 2 aromatic heterocycles. The Hall–Kier alpha value is -2.41. The van der Waals surface area contributed by atoms with Gasteiger partial charge in [-0.25, -0.2) is 4.52 Å². The highest BCUT2D eigenvalue weighted by Crippen LogP contribution is 2.18. The van der Waals surface area contributed by atoms with Gasteiger partial charge in [-0.1, -0.05) is 25.1 Å². The first-order valence-corrected chi connectivity index (χ1v) is 7.86. The number of aryl methyl sites for hydroxylation is 2. The number of rotatable bonds is 5. The Morgan fingerprint density at radius 3 is 3.00 bits per heavy atom. The van der Waals surface area contributed by atoms with Crippen molar-refractivity contribution in [3.8, 4) is 5.75 Å². The molecule has 2 heterocycles. The second-order valence-electron chi connectivity index (χ2n) is 4.80. The zero-order valence-electron chi connectivity index (χ0n) is 12.4. The number of carbonyl (C=O) groups excluding carboxylic acids is 1. The number of hydrogen-bond acceptors (Lipinski definition) is 5. The molecule has 6 nitrogen and oxygen atoms in total. The molecule has 1 aromatic carbocycles. The highest BCUT2D eigenvalue weighted by Gasteiger charge is 2.11. The number of carbonyl (C=O) groups is 1. The summed E-state index contributed by atoms with van der Waals surface area (Å²) in [5.41, 5.74) is 2.06. The summed E-state index contributed by atoms with van der Waals surface area (Å²) in [4.78, 5) is 16.9. The van der Waals surface area contributed by atoms with Gasteiger partial charge in [0, 0.05) is 5.38 Å². The smallest absolute Gasteiger partial charge is 0.264 e. The van der Waals surface area contributed by atoms with Crippen LogP contribution in [0.3, 0.4) is 0 Å². The van der Waals surface area contributed by atoms with E-state index in [9.17, 15) is 4.79 Å². The van der Waals surface area contributed by atoms with Crippen molar-refractivity contribution in [3.63, 3.8) is 0 Å². The Labute approximate surface area is 131 Å². The number of nitrogens with one attached hydrogen (secondary N) is 1. The summed E-state index contributed by atoms with van der Waals surface area (Å²) in [7, 11) is 0. The van der Waals surface area contributed by atoms with Crippen molar-refractivity contribution < 1.29 is 9.53 Å². The van der Waals surface area contributed by atoms with E-state index in [1.54, 1.807) is 4.52 Å². The average Bonchev–Trinajstić information content (AvgIpc) is 3.07. The van der Waals surface area contributed by atoms with Crippen LogP contribution < -0.4 is 10.1 Å². The first-order chi connectivity index (χ1) is 10.7. The van der Waals surface area contributed by atoms with Crippen LogP contribution >= 0.6 is 11.3 Å². The Balaban J connectivity index is 1.62. The quantitative estimate of drug-likeness (QED) is 0.786. The number of para-hydroxylation sites is 1. The maximum Gasteiger partial charge on any atom is 0.264 e. The van der Waals surface area contributed by atoms with Crippen LogP contribution in [0.15, 0.2) is 29.6 Å². The van der Waals surface area contributed by atoms with Crippen LogP contribution in [0, 0.1) is 6.92 Å². The number of ether oxygens (including phenoxy) is 1. The molecule has 0 saturated heterocycles. The molecular formula is C15H16N4O2S. The predicted octanol–water partition coefficient (Wildman–Crippen LogP) is 2.68. The standard InChI is InChI=1S/C15H16N4O2S/c1-3-11-6-4-5-7-12(11)21-8-13(20)16-14-17-15-19(18-14)10(2)9-22-15/h4-7,9H,3,8H2,1-2H3,(H,16,18,20). The van der Waals surface area contributed by atoms with E-state index >= 15 is 0 Å². The van der Waals surface area contributed by atoms with Gasteiger partial charge in [0.1, 0.15) is 5.75 Å². The van der Waals surface area contributed by atoms with E-state index in [0.29, 0.717) is 5.95 Å². The number of amides is 1. The number of aromatic nitrogens is 3. The van der Waals surface area contributed by atoms with E-state index in [1.807, 2.05) is 43.5 Å². The van der Waals surface area contributed by atoms with E-state index in [0.717, 1.165) is 28.4 Å². The van der Waals surface area contributed by atoms with Crippen LogP contribution in [0.2, 0.25) is 0 Å². The van der Waals surface area contributed by atoms with Crippen molar-refractivity contribution in [2.45, 2.75) is 20.3 Å². The van der Waals surface area contributed by atoms with Crippen LogP contribution in [0.1, 0.15) is 18.2 Å². The van der Waals surface area contributed by atoms with Gasteiger partial charge < -0.3 is 4.74 Å². The molecule has 0 bridgehead atoms. The van der Waals surface area contributed by atoms with Gasteiger partial charge in [-0.2, -0.15) is 4.98 Å². The van der Waals surface area contributed by atoms with Gasteiger partial charge in [0.2, 0.25) is 4.96 Å². The van der Waals surface area contributed by atoms with Crippen LogP contribution in [-0.4, -0.2) is 27.1 Å². The van der Waals surface area contributed by atoms with Crippen LogP contribution in [0.5, 0.6) is 5.75 Å². The SMILES string of the molecule is CCc1ccccc1OCC(=O)Nc1nc2scc(C)n2n1. The summed E-state index contributed by atoms with van der Waals surface area (Å²) in [6.45, 7) is 3.92. The third-order valence-electron chi connectivity index (χ3n) is 3.21. The van der Waals surface area contributed by atoms with Gasteiger partial charge in [0.25, 0.3) is 11.9 Å². The summed E-state index contributed by atoms with van der Waals surface area (Å²) in [5, 5.41) is 8.85. The van der Waals surface area contributed by atoms with Crippen molar-refractivity contribution >= 4 is 28.2 Å². The lowest BCUT2D eigenvalue weighted by Gasteiger charge is -2.09. The Morgan fingerprint density at radius 1 is 1.41 bits per heavy atom. The number of benzene rings is 1. The molecule has 0 aliphatic rings. The molecule has 1 N–H and O–H groups in total. The van der Waals surface area contributed by atoms with Crippen LogP contribution in [0.25, 0.3) is 4.96 Å². The molecule has 0 unspecified atom stereocenters. The number of nitrogens with zero attached hydrogens (tertiary/aromatic N) is 3. The minimum atomic E-state index is -0.276. The topological polar surface area (TPSA) is 68.5 Å². The largest absolute Gasteiger partial charge is 0.483 e. The van der Waals surface area contributed by atoms with Gasteiger partial charge in [-0.15, -0.1) is 16.4 Å². The minimum Gasteiger partial charge on any atom is -0.483 e. The molecule has 3 aromatic rings. The molecule has 0 fully saturated rings. The van der Waals surface area contributed by atoms with E-state index in [4.69, 9.17) is 4.74 Å². The van der Waals surface area contributed by atoms with Gasteiger partial charge in [-0.05, 0) is 25.0 Å². The Morgan fingerprint density at radius 2 is 2.23 bits per heavy atom. The Bertz CT molecular complexity index is 809. The fourth-order valence-corrected chi connectivity index (χ4v) is 2.89. The summed E-state index contributed by atoms with van der Waals surface area (Å²) >= 11 is 1.48. The van der Waals surface area contributed by atoms with Crippen molar-refractivity contribution in [2.75, 3.05) is 11.9 Å². The lowest BCUT2D eigenvalue weighted by molar-refractivity contribution is -0.118. The number of fused-ring (bicyclic) bond motifs is 1. The summed E-state index contributed by atoms with van der Waals surface area (Å²) in [5.74, 6) is 0.754. The van der Waals surface area contributed by atoms with Crippen molar-refractivity contribution in [3.05, 3.63) is 40.9 Å². The fourth-order valence-electron chi connectivity index (χ4n) is 2.09. The summed E-state index contributed by atoms with van der Waals surface area (Å²) < 4.78 is 7.27.